The van der Waals surface area contributed by atoms with Crippen molar-refractivity contribution in [3.63, 3.8) is 0 Å². The van der Waals surface area contributed by atoms with Crippen LogP contribution in [0.25, 0.3) is 38.6 Å². The van der Waals surface area contributed by atoms with Gasteiger partial charge in [-0.15, -0.1) is 0 Å². The molecule has 7 nitrogen and oxygen atoms in total. The van der Waals surface area contributed by atoms with Crippen molar-refractivity contribution in [1.29, 1.82) is 0 Å². The Bertz CT molecular complexity index is 1610. The lowest BCUT2D eigenvalue weighted by molar-refractivity contribution is -0.0794. The summed E-state index contributed by atoms with van der Waals surface area (Å²) in [5, 5.41) is 18.8. The number of ether oxygens (including phenoxy) is 2. The zero-order valence-corrected chi connectivity index (χ0v) is 19.8. The molecule has 0 aliphatic carbocycles. The predicted octanol–water partition coefficient (Wildman–Crippen LogP) is 5.91. The normalized spacial score (nSPS) is 14.0. The SMILES string of the molecule is CC(C)c1c(-c2ccc(C(=O)O)cc2OC2COC2)c2cc3[nH]ncc3cc2n1-c1ccc(F)cc1. The minimum Gasteiger partial charge on any atom is -0.485 e. The second-order valence-corrected chi connectivity index (χ2v) is 9.35. The fourth-order valence-electron chi connectivity index (χ4n) is 4.86. The summed E-state index contributed by atoms with van der Waals surface area (Å²) in [5.41, 5.74) is 5.54. The van der Waals surface area contributed by atoms with E-state index < -0.39 is 5.97 Å². The van der Waals surface area contributed by atoms with Gasteiger partial charge in [0.15, 0.2) is 0 Å². The third-order valence-corrected chi connectivity index (χ3v) is 6.59. The Kier molecular flexibility index (Phi) is 5.26. The molecule has 0 spiro atoms. The molecule has 36 heavy (non-hydrogen) atoms. The zero-order valence-electron chi connectivity index (χ0n) is 19.8. The Morgan fingerprint density at radius 3 is 2.61 bits per heavy atom. The summed E-state index contributed by atoms with van der Waals surface area (Å²) >= 11 is 0. The van der Waals surface area contributed by atoms with Crippen molar-refractivity contribution in [2.75, 3.05) is 13.2 Å². The highest BCUT2D eigenvalue weighted by atomic mass is 19.1. The predicted molar refractivity (Wildman–Crippen MR) is 135 cm³/mol. The van der Waals surface area contributed by atoms with E-state index in [0.717, 1.165) is 44.3 Å². The number of carboxylic acids is 1. The number of fused-ring (bicyclic) bond motifs is 2. The number of carbonyl (C=O) groups is 1. The molecule has 0 saturated carbocycles. The molecule has 5 aromatic rings. The minimum absolute atomic E-state index is 0.0768. The molecule has 2 aromatic heterocycles. The van der Waals surface area contributed by atoms with Crippen LogP contribution >= 0.6 is 0 Å². The fourth-order valence-corrected chi connectivity index (χ4v) is 4.86. The summed E-state index contributed by atoms with van der Waals surface area (Å²) in [7, 11) is 0. The van der Waals surface area contributed by atoms with Gasteiger partial charge >= 0.3 is 5.97 Å². The molecule has 1 aliphatic rings. The molecule has 0 atom stereocenters. The molecule has 1 fully saturated rings. The highest BCUT2D eigenvalue weighted by Gasteiger charge is 2.28. The Labute approximate surface area is 206 Å². The smallest absolute Gasteiger partial charge is 0.335 e. The van der Waals surface area contributed by atoms with E-state index >= 15 is 0 Å². The van der Waals surface area contributed by atoms with Crippen LogP contribution in [-0.4, -0.2) is 45.2 Å². The molecule has 0 bridgehead atoms. The summed E-state index contributed by atoms with van der Waals surface area (Å²) in [4.78, 5) is 11.8. The van der Waals surface area contributed by atoms with Gasteiger partial charge in [-0.1, -0.05) is 13.8 Å². The number of halogens is 1. The van der Waals surface area contributed by atoms with Crippen LogP contribution in [0.1, 0.15) is 35.8 Å². The van der Waals surface area contributed by atoms with E-state index in [-0.39, 0.29) is 23.4 Å². The molecule has 6 rings (SSSR count). The van der Waals surface area contributed by atoms with E-state index in [2.05, 4.69) is 40.7 Å². The van der Waals surface area contributed by atoms with Gasteiger partial charge in [0.1, 0.15) is 17.7 Å². The topological polar surface area (TPSA) is 89.4 Å². The molecule has 3 aromatic carbocycles. The number of nitrogens with zero attached hydrogens (tertiary/aromatic N) is 2. The number of hydrogen-bond donors (Lipinski definition) is 2. The van der Waals surface area contributed by atoms with Crippen molar-refractivity contribution >= 4 is 27.8 Å². The number of carboxylic acid groups (broad SMARTS) is 1. The van der Waals surface area contributed by atoms with Crippen LogP contribution < -0.4 is 4.74 Å². The largest absolute Gasteiger partial charge is 0.485 e. The van der Waals surface area contributed by atoms with Crippen molar-refractivity contribution in [1.82, 2.24) is 14.8 Å². The molecule has 2 N–H and O–H groups in total. The van der Waals surface area contributed by atoms with Crippen molar-refractivity contribution in [3.8, 4) is 22.6 Å². The lowest BCUT2D eigenvalue weighted by Crippen LogP contribution is -2.38. The number of aromatic nitrogens is 3. The summed E-state index contributed by atoms with van der Waals surface area (Å²) in [6, 6.07) is 15.5. The second kappa shape index (κ2) is 8.49. The number of hydrogen-bond acceptors (Lipinski definition) is 4. The van der Waals surface area contributed by atoms with Crippen molar-refractivity contribution < 1.29 is 23.8 Å². The Morgan fingerprint density at radius 2 is 1.94 bits per heavy atom. The molecule has 182 valence electrons. The summed E-state index contributed by atoms with van der Waals surface area (Å²) in [6.45, 7) is 5.13. The first-order chi connectivity index (χ1) is 17.4. The van der Waals surface area contributed by atoms with Crippen molar-refractivity contribution in [3.05, 3.63) is 77.9 Å². The van der Waals surface area contributed by atoms with Crippen molar-refractivity contribution in [2.24, 2.45) is 0 Å². The maximum absolute atomic E-state index is 13.8. The van der Waals surface area contributed by atoms with E-state index in [1.807, 2.05) is 6.07 Å². The molecule has 0 amide bonds. The van der Waals surface area contributed by atoms with Gasteiger partial charge < -0.3 is 19.1 Å². The second-order valence-electron chi connectivity index (χ2n) is 9.35. The van der Waals surface area contributed by atoms with Gasteiger partial charge in [0.2, 0.25) is 0 Å². The van der Waals surface area contributed by atoms with Crippen LogP contribution in [0.5, 0.6) is 5.75 Å². The van der Waals surface area contributed by atoms with Gasteiger partial charge in [-0.3, -0.25) is 5.10 Å². The van der Waals surface area contributed by atoms with Gasteiger partial charge in [0.25, 0.3) is 0 Å². The van der Waals surface area contributed by atoms with Crippen LogP contribution in [0.2, 0.25) is 0 Å². The average Bonchev–Trinajstić information content (AvgIpc) is 3.42. The maximum Gasteiger partial charge on any atom is 0.335 e. The molecular weight excluding hydrogens is 461 g/mol. The van der Waals surface area contributed by atoms with E-state index in [4.69, 9.17) is 9.47 Å². The molecule has 8 heteroatoms. The fraction of sp³-hybridized carbons (Fsp3) is 0.214. The van der Waals surface area contributed by atoms with E-state index in [0.29, 0.717) is 19.0 Å². The number of rotatable bonds is 6. The van der Waals surface area contributed by atoms with Gasteiger partial charge in [0.05, 0.1) is 36.0 Å². The molecule has 3 heterocycles. The third-order valence-electron chi connectivity index (χ3n) is 6.59. The van der Waals surface area contributed by atoms with E-state index in [1.165, 1.54) is 12.1 Å². The monoisotopic (exact) mass is 485 g/mol. The van der Waals surface area contributed by atoms with Gasteiger partial charge in [0, 0.05) is 33.3 Å². The molecule has 1 saturated heterocycles. The molecule has 0 unspecified atom stereocenters. The zero-order chi connectivity index (χ0) is 25.0. The van der Waals surface area contributed by atoms with Gasteiger partial charge in [-0.05, 0) is 60.5 Å². The highest BCUT2D eigenvalue weighted by molar-refractivity contribution is 6.07. The first-order valence-corrected chi connectivity index (χ1v) is 11.8. The summed E-state index contributed by atoms with van der Waals surface area (Å²) < 4.78 is 27.5. The first kappa shape index (κ1) is 22.3. The number of nitrogens with one attached hydrogen (secondary N) is 1. The van der Waals surface area contributed by atoms with Crippen LogP contribution in [0.3, 0.4) is 0 Å². The van der Waals surface area contributed by atoms with Crippen LogP contribution in [0.15, 0.2) is 60.8 Å². The van der Waals surface area contributed by atoms with Crippen LogP contribution in [0, 0.1) is 5.82 Å². The summed E-state index contributed by atoms with van der Waals surface area (Å²) in [5.74, 6) is -0.754. The van der Waals surface area contributed by atoms with Crippen LogP contribution in [-0.2, 0) is 4.74 Å². The minimum atomic E-state index is -1.02. The molecule has 0 radical (unpaired) electrons. The lowest BCUT2D eigenvalue weighted by atomic mass is 9.94. The van der Waals surface area contributed by atoms with Crippen LogP contribution in [0.4, 0.5) is 4.39 Å². The number of benzene rings is 3. The maximum atomic E-state index is 13.8. The van der Waals surface area contributed by atoms with Gasteiger partial charge in [-0.25, -0.2) is 9.18 Å². The number of aromatic carboxylic acids is 1. The number of aromatic amines is 1. The number of H-pyrrole nitrogens is 1. The Morgan fingerprint density at radius 1 is 1.17 bits per heavy atom. The molecular formula is C28H24FN3O4. The van der Waals surface area contributed by atoms with E-state index in [9.17, 15) is 14.3 Å². The van der Waals surface area contributed by atoms with E-state index in [1.54, 1.807) is 30.5 Å². The Balaban J connectivity index is 1.70. The summed E-state index contributed by atoms with van der Waals surface area (Å²) in [6.07, 6.45) is 1.64. The quantitative estimate of drug-likeness (QED) is 0.312. The highest BCUT2D eigenvalue weighted by Crippen LogP contribution is 2.45. The Hall–Kier alpha value is -4.17. The van der Waals surface area contributed by atoms with Gasteiger partial charge in [-0.2, -0.15) is 5.10 Å². The molecule has 1 aliphatic heterocycles. The average molecular weight is 486 g/mol. The third kappa shape index (κ3) is 3.61. The standard InChI is InChI=1S/C28H24FN3O4/c1-15(2)27-26(21-8-3-16(28(33)34)10-25(21)36-20-13-35-14-20)22-11-23-17(12-30-31-23)9-24(22)32(27)19-6-4-18(29)5-7-19/h3-12,15,20H,13-14H2,1-2H3,(H,30,31)(H,33,34). The first-order valence-electron chi connectivity index (χ1n) is 11.8. The lowest BCUT2D eigenvalue weighted by Gasteiger charge is -2.28. The van der Waals surface area contributed by atoms with Crippen molar-refractivity contribution in [2.45, 2.75) is 25.9 Å².